The molecule has 7 nitrogen and oxygen atoms in total. The minimum Gasteiger partial charge on any atom is -0.435 e. The third-order valence-corrected chi connectivity index (χ3v) is 3.81. The number of nitrogens with zero attached hydrogens (tertiary/aromatic N) is 4. The van der Waals surface area contributed by atoms with Gasteiger partial charge >= 0.3 is 0 Å². The maximum atomic E-state index is 13.2. The molecule has 4 rings (SSSR count). The Balaban J connectivity index is 1.65. The lowest BCUT2D eigenvalue weighted by Gasteiger charge is -2.09. The molecule has 1 amide bonds. The van der Waals surface area contributed by atoms with Crippen LogP contribution in [0, 0.1) is 0 Å². The van der Waals surface area contributed by atoms with E-state index >= 15 is 0 Å². The number of halogens is 2. The van der Waals surface area contributed by atoms with E-state index in [1.165, 1.54) is 17.1 Å². The van der Waals surface area contributed by atoms with Crippen LogP contribution in [0.15, 0.2) is 41.3 Å². The zero-order valence-corrected chi connectivity index (χ0v) is 12.9. The van der Waals surface area contributed by atoms with Crippen LogP contribution in [0.5, 0.6) is 0 Å². The van der Waals surface area contributed by atoms with Gasteiger partial charge in [-0.1, -0.05) is 0 Å². The highest BCUT2D eigenvalue weighted by Crippen LogP contribution is 2.41. The summed E-state index contributed by atoms with van der Waals surface area (Å²) in [6, 6.07) is 3.37. The summed E-state index contributed by atoms with van der Waals surface area (Å²) in [7, 11) is 0. The number of hydrogen-bond acceptors (Lipinski definition) is 5. The Morgan fingerprint density at radius 1 is 1.36 bits per heavy atom. The van der Waals surface area contributed by atoms with Crippen LogP contribution in [0.25, 0.3) is 5.69 Å². The van der Waals surface area contributed by atoms with Crippen molar-refractivity contribution in [2.75, 3.05) is 5.32 Å². The van der Waals surface area contributed by atoms with Crippen LogP contribution in [0.4, 0.5) is 14.5 Å². The van der Waals surface area contributed by atoms with Gasteiger partial charge in [0.25, 0.3) is 12.3 Å². The molecule has 0 spiro atoms. The molecular formula is C16H13F2N5O2. The second-order valence-corrected chi connectivity index (χ2v) is 5.64. The third kappa shape index (κ3) is 3.00. The average molecular weight is 345 g/mol. The van der Waals surface area contributed by atoms with E-state index in [1.807, 2.05) is 0 Å². The second-order valence-electron chi connectivity index (χ2n) is 5.64. The standard InChI is InChI=1S/C16H13F2N5O2/c17-14(18)12-13(25-16(22-12)9-2-3-9)15(24)21-10-8-19-6-4-11(10)23-7-1-5-20-23/h1,4-9,14H,2-3H2,(H,21,24). The fraction of sp³-hybridized carbons (Fsp3) is 0.250. The van der Waals surface area contributed by atoms with Gasteiger partial charge < -0.3 is 9.73 Å². The van der Waals surface area contributed by atoms with Crippen LogP contribution in [0.2, 0.25) is 0 Å². The zero-order valence-electron chi connectivity index (χ0n) is 12.9. The monoisotopic (exact) mass is 345 g/mol. The largest absolute Gasteiger partial charge is 0.435 e. The van der Waals surface area contributed by atoms with Gasteiger partial charge in [0.2, 0.25) is 5.76 Å². The predicted octanol–water partition coefficient (Wildman–Crippen LogP) is 3.32. The molecule has 1 aliphatic rings. The fourth-order valence-electron chi connectivity index (χ4n) is 2.44. The molecule has 1 aliphatic carbocycles. The molecule has 1 fully saturated rings. The number of carbonyl (C=O) groups excluding carboxylic acids is 1. The van der Waals surface area contributed by atoms with E-state index < -0.39 is 23.8 Å². The van der Waals surface area contributed by atoms with Crippen LogP contribution >= 0.6 is 0 Å². The minimum absolute atomic E-state index is 0.0251. The van der Waals surface area contributed by atoms with Crippen LogP contribution < -0.4 is 5.32 Å². The van der Waals surface area contributed by atoms with Crippen LogP contribution in [0.1, 0.15) is 47.3 Å². The molecule has 25 heavy (non-hydrogen) atoms. The van der Waals surface area contributed by atoms with Crippen molar-refractivity contribution in [3.05, 3.63) is 54.3 Å². The van der Waals surface area contributed by atoms with Crippen molar-refractivity contribution in [1.82, 2.24) is 19.7 Å². The summed E-state index contributed by atoms with van der Waals surface area (Å²) in [6.07, 6.45) is 4.99. The summed E-state index contributed by atoms with van der Waals surface area (Å²) >= 11 is 0. The summed E-state index contributed by atoms with van der Waals surface area (Å²) in [4.78, 5) is 20.2. The SMILES string of the molecule is O=C(Nc1cnccc1-n1cccn1)c1oc(C2CC2)nc1C(F)F. The van der Waals surface area contributed by atoms with E-state index in [4.69, 9.17) is 4.42 Å². The number of nitrogens with one attached hydrogen (secondary N) is 1. The molecule has 0 aliphatic heterocycles. The highest BCUT2D eigenvalue weighted by Gasteiger charge is 2.34. The summed E-state index contributed by atoms with van der Waals surface area (Å²) in [5, 5.41) is 6.64. The first kappa shape index (κ1) is 15.4. The van der Waals surface area contributed by atoms with Crippen molar-refractivity contribution >= 4 is 11.6 Å². The van der Waals surface area contributed by atoms with Gasteiger partial charge in [0.05, 0.1) is 17.6 Å². The van der Waals surface area contributed by atoms with E-state index in [0.717, 1.165) is 12.8 Å². The maximum absolute atomic E-state index is 13.2. The first-order valence-electron chi connectivity index (χ1n) is 7.67. The molecule has 128 valence electrons. The van der Waals surface area contributed by atoms with E-state index in [-0.39, 0.29) is 11.8 Å². The molecule has 1 saturated carbocycles. The van der Waals surface area contributed by atoms with Gasteiger partial charge in [0.15, 0.2) is 11.6 Å². The van der Waals surface area contributed by atoms with Gasteiger partial charge in [-0.15, -0.1) is 0 Å². The van der Waals surface area contributed by atoms with Crippen LogP contribution in [0.3, 0.4) is 0 Å². The Kier molecular flexibility index (Phi) is 3.75. The van der Waals surface area contributed by atoms with Crippen LogP contribution in [-0.4, -0.2) is 25.7 Å². The molecule has 0 unspecified atom stereocenters. The highest BCUT2D eigenvalue weighted by molar-refractivity contribution is 6.04. The second kappa shape index (κ2) is 6.08. The molecule has 3 aromatic rings. The molecule has 3 heterocycles. The Labute approximate surface area is 140 Å². The van der Waals surface area contributed by atoms with Gasteiger partial charge in [0.1, 0.15) is 0 Å². The molecule has 0 aromatic carbocycles. The molecule has 0 saturated heterocycles. The first-order chi connectivity index (χ1) is 12.1. The van der Waals surface area contributed by atoms with E-state index in [1.54, 1.807) is 24.5 Å². The fourth-order valence-corrected chi connectivity index (χ4v) is 2.44. The van der Waals surface area contributed by atoms with Gasteiger partial charge in [-0.25, -0.2) is 18.4 Å². The lowest BCUT2D eigenvalue weighted by atomic mass is 10.3. The number of hydrogen-bond donors (Lipinski definition) is 1. The van der Waals surface area contributed by atoms with Gasteiger partial charge in [0, 0.05) is 24.5 Å². The predicted molar refractivity (Wildman–Crippen MR) is 82.7 cm³/mol. The number of aromatic nitrogens is 4. The van der Waals surface area contributed by atoms with Gasteiger partial charge in [-0.05, 0) is 25.0 Å². The summed E-state index contributed by atoms with van der Waals surface area (Å²) < 4.78 is 33.2. The topological polar surface area (TPSA) is 85.8 Å². The average Bonchev–Trinajstić information content (AvgIpc) is 3.13. The number of alkyl halides is 2. The maximum Gasteiger partial charge on any atom is 0.293 e. The number of anilines is 1. The zero-order chi connectivity index (χ0) is 17.4. The smallest absolute Gasteiger partial charge is 0.293 e. The normalized spacial score (nSPS) is 14.0. The summed E-state index contributed by atoms with van der Waals surface area (Å²) in [6.45, 7) is 0. The van der Waals surface area contributed by atoms with Gasteiger partial charge in [-0.2, -0.15) is 5.10 Å². The number of oxazole rings is 1. The van der Waals surface area contributed by atoms with Crippen molar-refractivity contribution in [3.63, 3.8) is 0 Å². The van der Waals surface area contributed by atoms with Gasteiger partial charge in [-0.3, -0.25) is 9.78 Å². The van der Waals surface area contributed by atoms with Crippen molar-refractivity contribution < 1.29 is 18.0 Å². The Morgan fingerprint density at radius 3 is 2.88 bits per heavy atom. The molecule has 9 heteroatoms. The van der Waals surface area contributed by atoms with Crippen molar-refractivity contribution in [3.8, 4) is 5.69 Å². The Bertz CT molecular complexity index is 903. The van der Waals surface area contributed by atoms with Crippen molar-refractivity contribution in [2.45, 2.75) is 25.2 Å². The first-order valence-corrected chi connectivity index (χ1v) is 7.67. The number of amides is 1. The highest BCUT2D eigenvalue weighted by atomic mass is 19.3. The number of pyridine rings is 1. The third-order valence-electron chi connectivity index (χ3n) is 3.81. The van der Waals surface area contributed by atoms with E-state index in [0.29, 0.717) is 11.4 Å². The van der Waals surface area contributed by atoms with Crippen molar-refractivity contribution in [2.24, 2.45) is 0 Å². The molecule has 3 aromatic heterocycles. The van der Waals surface area contributed by atoms with E-state index in [9.17, 15) is 13.6 Å². The summed E-state index contributed by atoms with van der Waals surface area (Å²) in [5.74, 6) is -1.04. The Hall–Kier alpha value is -3.10. The molecule has 0 radical (unpaired) electrons. The Morgan fingerprint density at radius 2 is 2.20 bits per heavy atom. The van der Waals surface area contributed by atoms with Crippen LogP contribution in [-0.2, 0) is 0 Å². The minimum atomic E-state index is -2.89. The van der Waals surface area contributed by atoms with Crippen molar-refractivity contribution in [1.29, 1.82) is 0 Å². The molecule has 0 atom stereocenters. The lowest BCUT2D eigenvalue weighted by molar-refractivity contribution is 0.0975. The molecule has 0 bridgehead atoms. The number of carbonyl (C=O) groups is 1. The number of rotatable bonds is 5. The quantitative estimate of drug-likeness (QED) is 0.767. The lowest BCUT2D eigenvalue weighted by Crippen LogP contribution is -2.15. The molecule has 1 N–H and O–H groups in total. The van der Waals surface area contributed by atoms with E-state index in [2.05, 4.69) is 20.4 Å². The molecular weight excluding hydrogens is 332 g/mol. The summed E-state index contributed by atoms with van der Waals surface area (Å²) in [5.41, 5.74) is 0.235.